The van der Waals surface area contributed by atoms with Crippen LogP contribution >= 0.6 is 0 Å². The van der Waals surface area contributed by atoms with Gasteiger partial charge in [0.15, 0.2) is 5.58 Å². The van der Waals surface area contributed by atoms with Crippen molar-refractivity contribution in [3.05, 3.63) is 31.0 Å². The Morgan fingerprint density at radius 2 is 1.97 bits per heavy atom. The molecule has 0 N–H and O–H groups in total. The highest BCUT2D eigenvalue weighted by Crippen LogP contribution is 2.28. The van der Waals surface area contributed by atoms with Crippen LogP contribution in [0.1, 0.15) is 38.1 Å². The standard InChI is InChI=1S/C20H25N7O2/c28-18(25-9-5-16(6-10-25)27-13-22-23-14-27)11-15-3-2-8-26(12-15)20-24-19-17(29-20)4-1-7-21-19/h1,4,7,13-16H,2-3,5-6,8-12H2. The van der Waals surface area contributed by atoms with Crippen molar-refractivity contribution >= 4 is 23.2 Å². The number of carbonyl (C=O) groups excluding carboxylic acids is 1. The van der Waals surface area contributed by atoms with Gasteiger partial charge < -0.3 is 18.8 Å². The van der Waals surface area contributed by atoms with Crippen molar-refractivity contribution in [3.63, 3.8) is 0 Å². The Balaban J connectivity index is 1.17. The zero-order valence-electron chi connectivity index (χ0n) is 16.4. The van der Waals surface area contributed by atoms with Crippen molar-refractivity contribution in [2.24, 2.45) is 5.92 Å². The van der Waals surface area contributed by atoms with Gasteiger partial charge in [-0.25, -0.2) is 4.98 Å². The van der Waals surface area contributed by atoms with Crippen molar-refractivity contribution in [2.75, 3.05) is 31.1 Å². The largest absolute Gasteiger partial charge is 0.422 e. The third-order valence-electron chi connectivity index (χ3n) is 6.08. The number of carbonyl (C=O) groups is 1. The van der Waals surface area contributed by atoms with Crippen LogP contribution < -0.4 is 4.90 Å². The lowest BCUT2D eigenvalue weighted by molar-refractivity contribution is -0.133. The number of hydrogen-bond donors (Lipinski definition) is 0. The van der Waals surface area contributed by atoms with E-state index in [-0.39, 0.29) is 5.91 Å². The molecular formula is C20H25N7O2. The van der Waals surface area contributed by atoms with Crippen LogP contribution in [-0.4, -0.2) is 61.7 Å². The number of fused-ring (bicyclic) bond motifs is 1. The molecule has 0 saturated carbocycles. The molecule has 1 amide bonds. The highest BCUT2D eigenvalue weighted by Gasteiger charge is 2.29. The summed E-state index contributed by atoms with van der Waals surface area (Å²) in [6, 6.07) is 4.74. The molecule has 2 aliphatic heterocycles. The summed E-state index contributed by atoms with van der Waals surface area (Å²) in [5.74, 6) is 0.591. The molecule has 2 aliphatic rings. The summed E-state index contributed by atoms with van der Waals surface area (Å²) >= 11 is 0. The first-order valence-electron chi connectivity index (χ1n) is 10.3. The number of nitrogens with zero attached hydrogens (tertiary/aromatic N) is 7. The predicted octanol–water partition coefficient (Wildman–Crippen LogP) is 2.28. The minimum Gasteiger partial charge on any atom is -0.422 e. The third kappa shape index (κ3) is 3.81. The normalized spacial score (nSPS) is 21.0. The lowest BCUT2D eigenvalue weighted by atomic mass is 9.94. The average molecular weight is 395 g/mol. The Labute approximate surface area is 168 Å². The van der Waals surface area contributed by atoms with Gasteiger partial charge in [0.1, 0.15) is 12.7 Å². The van der Waals surface area contributed by atoms with Gasteiger partial charge >= 0.3 is 0 Å². The van der Waals surface area contributed by atoms with E-state index >= 15 is 0 Å². The number of piperidine rings is 2. The van der Waals surface area contributed by atoms with Gasteiger partial charge in [-0.15, -0.1) is 10.2 Å². The average Bonchev–Trinajstić information content (AvgIpc) is 3.44. The minimum atomic E-state index is 0.262. The van der Waals surface area contributed by atoms with Gasteiger partial charge in [-0.1, -0.05) is 0 Å². The van der Waals surface area contributed by atoms with Crippen molar-refractivity contribution in [1.82, 2.24) is 29.6 Å². The lowest BCUT2D eigenvalue weighted by Gasteiger charge is -2.35. The first-order valence-corrected chi connectivity index (χ1v) is 10.3. The van der Waals surface area contributed by atoms with Gasteiger partial charge in [0, 0.05) is 44.8 Å². The second kappa shape index (κ2) is 7.81. The van der Waals surface area contributed by atoms with Crippen LogP contribution in [-0.2, 0) is 4.79 Å². The summed E-state index contributed by atoms with van der Waals surface area (Å²) in [5, 5.41) is 7.77. The summed E-state index contributed by atoms with van der Waals surface area (Å²) in [7, 11) is 0. The Hall–Kier alpha value is -2.97. The van der Waals surface area contributed by atoms with Crippen LogP contribution in [0, 0.1) is 5.92 Å². The van der Waals surface area contributed by atoms with Crippen molar-refractivity contribution < 1.29 is 9.21 Å². The first-order chi connectivity index (χ1) is 14.3. The second-order valence-electron chi connectivity index (χ2n) is 8.00. The molecule has 1 unspecified atom stereocenters. The number of anilines is 1. The van der Waals surface area contributed by atoms with Gasteiger partial charge in [0.2, 0.25) is 11.6 Å². The molecule has 0 radical (unpaired) electrons. The highest BCUT2D eigenvalue weighted by molar-refractivity contribution is 5.76. The van der Waals surface area contributed by atoms with Gasteiger partial charge in [-0.2, -0.15) is 4.98 Å². The molecule has 0 spiro atoms. The fraction of sp³-hybridized carbons (Fsp3) is 0.550. The van der Waals surface area contributed by atoms with Gasteiger partial charge in [0.25, 0.3) is 6.01 Å². The molecule has 0 aromatic carbocycles. The highest BCUT2D eigenvalue weighted by atomic mass is 16.4. The third-order valence-corrected chi connectivity index (χ3v) is 6.08. The number of hydrogen-bond acceptors (Lipinski definition) is 7. The maximum absolute atomic E-state index is 12.9. The van der Waals surface area contributed by atoms with E-state index in [1.165, 1.54) is 0 Å². The number of aromatic nitrogens is 5. The zero-order chi connectivity index (χ0) is 19.6. The minimum absolute atomic E-state index is 0.262. The molecule has 3 aromatic heterocycles. The van der Waals surface area contributed by atoms with Gasteiger partial charge in [0.05, 0.1) is 0 Å². The molecule has 29 heavy (non-hydrogen) atoms. The Morgan fingerprint density at radius 3 is 2.76 bits per heavy atom. The van der Waals surface area contributed by atoms with Gasteiger partial charge in [-0.3, -0.25) is 4.79 Å². The zero-order valence-corrected chi connectivity index (χ0v) is 16.4. The van der Waals surface area contributed by atoms with Crippen LogP contribution in [0.3, 0.4) is 0 Å². The number of pyridine rings is 1. The smallest absolute Gasteiger partial charge is 0.299 e. The van der Waals surface area contributed by atoms with E-state index in [1.807, 2.05) is 17.0 Å². The molecule has 1 atom stereocenters. The molecule has 2 fully saturated rings. The first kappa shape index (κ1) is 18.1. The second-order valence-corrected chi connectivity index (χ2v) is 8.00. The maximum Gasteiger partial charge on any atom is 0.299 e. The van der Waals surface area contributed by atoms with Crippen LogP contribution in [0.2, 0.25) is 0 Å². The monoisotopic (exact) mass is 395 g/mol. The molecule has 5 rings (SSSR count). The molecule has 5 heterocycles. The van der Waals surface area contributed by atoms with Crippen LogP contribution in [0.4, 0.5) is 6.01 Å². The van der Waals surface area contributed by atoms with E-state index < -0.39 is 0 Å². The molecule has 3 aromatic rings. The molecule has 0 bridgehead atoms. The van der Waals surface area contributed by atoms with Crippen molar-refractivity contribution in [1.29, 1.82) is 0 Å². The van der Waals surface area contributed by atoms with E-state index in [0.717, 1.165) is 51.9 Å². The fourth-order valence-electron chi connectivity index (χ4n) is 4.49. The summed E-state index contributed by atoms with van der Waals surface area (Å²) in [6.07, 6.45) is 9.86. The number of likely N-dealkylation sites (tertiary alicyclic amines) is 1. The van der Waals surface area contributed by atoms with E-state index in [4.69, 9.17) is 4.42 Å². The van der Waals surface area contributed by atoms with Crippen LogP contribution in [0.5, 0.6) is 0 Å². The van der Waals surface area contributed by atoms with Crippen molar-refractivity contribution in [2.45, 2.75) is 38.1 Å². The topological polar surface area (TPSA) is 93.2 Å². The molecular weight excluding hydrogens is 370 g/mol. The molecule has 9 nitrogen and oxygen atoms in total. The maximum atomic E-state index is 12.9. The Bertz CT molecular complexity index is 929. The lowest BCUT2D eigenvalue weighted by Crippen LogP contribution is -2.42. The number of rotatable bonds is 4. The van der Waals surface area contributed by atoms with E-state index in [1.54, 1.807) is 18.9 Å². The summed E-state index contributed by atoms with van der Waals surface area (Å²) in [5.41, 5.74) is 1.34. The van der Waals surface area contributed by atoms with Crippen LogP contribution in [0.25, 0.3) is 11.2 Å². The SMILES string of the molecule is O=C(CC1CCCN(c2nc3ncccc3o2)C1)N1CCC(n2cnnc2)CC1. The summed E-state index contributed by atoms with van der Waals surface area (Å²) in [6.45, 7) is 3.31. The predicted molar refractivity (Wildman–Crippen MR) is 106 cm³/mol. The molecule has 152 valence electrons. The number of amides is 1. The summed E-state index contributed by atoms with van der Waals surface area (Å²) in [4.78, 5) is 25.8. The van der Waals surface area contributed by atoms with E-state index in [0.29, 0.717) is 35.6 Å². The Kier molecular flexibility index (Phi) is 4.87. The van der Waals surface area contributed by atoms with Crippen LogP contribution in [0.15, 0.2) is 35.4 Å². The van der Waals surface area contributed by atoms with Gasteiger partial charge in [-0.05, 0) is 43.7 Å². The molecule has 9 heteroatoms. The molecule has 2 saturated heterocycles. The number of oxazole rings is 1. The van der Waals surface area contributed by atoms with E-state index in [2.05, 4.69) is 29.6 Å². The quantitative estimate of drug-likeness (QED) is 0.669. The Morgan fingerprint density at radius 1 is 1.14 bits per heavy atom. The van der Waals surface area contributed by atoms with Crippen molar-refractivity contribution in [3.8, 4) is 0 Å². The van der Waals surface area contributed by atoms with E-state index in [9.17, 15) is 4.79 Å². The summed E-state index contributed by atoms with van der Waals surface area (Å²) < 4.78 is 7.92. The molecule has 0 aliphatic carbocycles. The fourth-order valence-corrected chi connectivity index (χ4v) is 4.49.